The molecule has 0 radical (unpaired) electrons. The van der Waals surface area contributed by atoms with Crippen LogP contribution in [0.15, 0.2) is 47.6 Å². The van der Waals surface area contributed by atoms with E-state index in [1.165, 1.54) is 5.56 Å². The van der Waals surface area contributed by atoms with Gasteiger partial charge < -0.3 is 25.2 Å². The van der Waals surface area contributed by atoms with Crippen LogP contribution < -0.4 is 20.3 Å². The zero-order valence-corrected chi connectivity index (χ0v) is 22.0. The summed E-state index contributed by atoms with van der Waals surface area (Å²) in [5.74, 6) is 2.72. The number of guanidine groups is 1. The van der Waals surface area contributed by atoms with Crippen molar-refractivity contribution in [2.24, 2.45) is 4.99 Å². The van der Waals surface area contributed by atoms with Crippen LogP contribution >= 0.6 is 24.0 Å². The lowest BCUT2D eigenvalue weighted by Gasteiger charge is -2.33. The Morgan fingerprint density at radius 2 is 1.94 bits per heavy atom. The van der Waals surface area contributed by atoms with Crippen LogP contribution in [0.5, 0.6) is 5.75 Å². The fraction of sp³-hybridized carbons (Fsp3) is 0.500. The number of nitrogens with zero attached hydrogens (tertiary/aromatic N) is 4. The zero-order valence-electron chi connectivity index (χ0n) is 19.7. The molecule has 0 amide bonds. The molecule has 0 bridgehead atoms. The molecule has 8 heteroatoms. The summed E-state index contributed by atoms with van der Waals surface area (Å²) in [5, 5.41) is 6.67. The third-order valence-electron chi connectivity index (χ3n) is 5.28. The van der Waals surface area contributed by atoms with E-state index in [1.807, 2.05) is 18.3 Å². The summed E-state index contributed by atoms with van der Waals surface area (Å²) in [4.78, 5) is 14.1. The lowest BCUT2D eigenvalue weighted by Crippen LogP contribution is -2.44. The third-order valence-corrected chi connectivity index (χ3v) is 5.28. The van der Waals surface area contributed by atoms with Crippen molar-refractivity contribution in [3.05, 3.63) is 53.7 Å². The summed E-state index contributed by atoms with van der Waals surface area (Å²) in [6, 6.07) is 12.3. The van der Waals surface area contributed by atoms with Gasteiger partial charge in [-0.3, -0.25) is 0 Å². The smallest absolute Gasteiger partial charge is 0.191 e. The number of benzene rings is 1. The molecule has 2 heterocycles. The van der Waals surface area contributed by atoms with Crippen molar-refractivity contribution in [3.63, 3.8) is 0 Å². The number of aromatic nitrogens is 1. The second-order valence-corrected chi connectivity index (χ2v) is 8.14. The second-order valence-electron chi connectivity index (χ2n) is 8.14. The Morgan fingerprint density at radius 1 is 1.16 bits per heavy atom. The molecule has 32 heavy (non-hydrogen) atoms. The standard InChI is InChI=1S/C24H36N6O.HI/c1-5-25-24(27-16-20(3)31-22-8-6-7-19(2)15-22)28-18-21-9-10-23(26-17-21)30-13-11-29(4)12-14-30;/h6-10,15,17,20H,5,11-14,16,18H2,1-4H3,(H2,25,27,28);1H. The summed E-state index contributed by atoms with van der Waals surface area (Å²) in [6.07, 6.45) is 1.96. The van der Waals surface area contributed by atoms with Crippen LogP contribution in [0, 0.1) is 6.92 Å². The van der Waals surface area contributed by atoms with Crippen LogP contribution in [0.3, 0.4) is 0 Å². The Morgan fingerprint density at radius 3 is 2.59 bits per heavy atom. The molecule has 3 rings (SSSR count). The van der Waals surface area contributed by atoms with Gasteiger partial charge in [-0.1, -0.05) is 18.2 Å². The van der Waals surface area contributed by atoms with Gasteiger partial charge in [0.25, 0.3) is 0 Å². The number of aryl methyl sites for hydroxylation is 1. The normalized spacial score (nSPS) is 15.6. The first kappa shape index (κ1) is 26.2. The molecule has 0 saturated carbocycles. The first-order chi connectivity index (χ1) is 15.0. The number of ether oxygens (including phenoxy) is 1. The van der Waals surface area contributed by atoms with Crippen molar-refractivity contribution in [3.8, 4) is 5.75 Å². The molecule has 1 fully saturated rings. The van der Waals surface area contributed by atoms with Crippen molar-refractivity contribution in [1.29, 1.82) is 0 Å². The number of anilines is 1. The molecule has 1 aliphatic heterocycles. The van der Waals surface area contributed by atoms with Crippen LogP contribution in [0.1, 0.15) is 25.0 Å². The molecule has 7 nitrogen and oxygen atoms in total. The lowest BCUT2D eigenvalue weighted by molar-refractivity contribution is 0.223. The third kappa shape index (κ3) is 8.46. The molecule has 1 aliphatic rings. The van der Waals surface area contributed by atoms with Crippen molar-refractivity contribution >= 4 is 35.8 Å². The molecular formula is C24H37IN6O. The van der Waals surface area contributed by atoms with Crippen LogP contribution in [-0.4, -0.2) is 68.3 Å². The highest BCUT2D eigenvalue weighted by Crippen LogP contribution is 2.15. The monoisotopic (exact) mass is 552 g/mol. The van der Waals surface area contributed by atoms with Crippen LogP contribution in [0.4, 0.5) is 5.82 Å². The van der Waals surface area contributed by atoms with E-state index >= 15 is 0 Å². The minimum Gasteiger partial charge on any atom is -0.489 e. The number of piperazine rings is 1. The number of pyridine rings is 1. The number of aliphatic imine (C=N–C) groups is 1. The fourth-order valence-corrected chi connectivity index (χ4v) is 3.45. The fourth-order valence-electron chi connectivity index (χ4n) is 3.45. The summed E-state index contributed by atoms with van der Waals surface area (Å²) in [7, 11) is 2.16. The maximum atomic E-state index is 6.00. The molecule has 176 valence electrons. The number of rotatable bonds is 8. The summed E-state index contributed by atoms with van der Waals surface area (Å²) in [5.41, 5.74) is 2.29. The Bertz CT molecular complexity index is 837. The van der Waals surface area contributed by atoms with Gasteiger partial charge in [-0.25, -0.2) is 9.98 Å². The molecule has 1 aromatic heterocycles. The van der Waals surface area contributed by atoms with Gasteiger partial charge in [0, 0.05) is 38.9 Å². The first-order valence-corrected chi connectivity index (χ1v) is 11.2. The van der Waals surface area contributed by atoms with Gasteiger partial charge in [0.15, 0.2) is 5.96 Å². The Labute approximate surface area is 209 Å². The molecule has 1 saturated heterocycles. The van der Waals surface area contributed by atoms with Gasteiger partial charge in [0.2, 0.25) is 0 Å². The number of likely N-dealkylation sites (N-methyl/N-ethyl adjacent to an activating group) is 1. The Kier molecular flexibility index (Phi) is 11.0. The highest BCUT2D eigenvalue weighted by Gasteiger charge is 2.15. The molecule has 2 aromatic rings. The van der Waals surface area contributed by atoms with Gasteiger partial charge in [-0.15, -0.1) is 24.0 Å². The maximum absolute atomic E-state index is 6.00. The minimum atomic E-state index is 0. The number of halogens is 1. The SMILES string of the molecule is CCNC(=NCc1ccc(N2CCN(C)CC2)nc1)NCC(C)Oc1cccc(C)c1.I. The largest absolute Gasteiger partial charge is 0.489 e. The zero-order chi connectivity index (χ0) is 22.1. The molecule has 0 spiro atoms. The van der Waals surface area contributed by atoms with E-state index in [1.54, 1.807) is 0 Å². The Hall–Kier alpha value is -2.07. The number of nitrogens with one attached hydrogen (secondary N) is 2. The average molecular weight is 553 g/mol. The molecule has 1 unspecified atom stereocenters. The van der Waals surface area contributed by atoms with Gasteiger partial charge in [-0.05, 0) is 57.1 Å². The van der Waals surface area contributed by atoms with Crippen LogP contribution in [0.2, 0.25) is 0 Å². The lowest BCUT2D eigenvalue weighted by atomic mass is 10.2. The predicted octanol–water partition coefficient (Wildman–Crippen LogP) is 3.28. The second kappa shape index (κ2) is 13.5. The highest BCUT2D eigenvalue weighted by atomic mass is 127. The van der Waals surface area contributed by atoms with E-state index < -0.39 is 0 Å². The average Bonchev–Trinajstić information content (AvgIpc) is 2.77. The summed E-state index contributed by atoms with van der Waals surface area (Å²) >= 11 is 0. The summed E-state index contributed by atoms with van der Waals surface area (Å²) in [6.45, 7) is 12.5. The van der Waals surface area contributed by atoms with Crippen molar-refractivity contribution in [2.75, 3.05) is 51.2 Å². The van der Waals surface area contributed by atoms with Crippen LogP contribution in [0.25, 0.3) is 0 Å². The van der Waals surface area contributed by atoms with Crippen molar-refractivity contribution in [1.82, 2.24) is 20.5 Å². The maximum Gasteiger partial charge on any atom is 0.191 e. The van der Waals surface area contributed by atoms with E-state index in [0.29, 0.717) is 13.1 Å². The van der Waals surface area contributed by atoms with E-state index in [4.69, 9.17) is 9.73 Å². The molecule has 0 aliphatic carbocycles. The predicted molar refractivity (Wildman–Crippen MR) is 143 cm³/mol. The van der Waals surface area contributed by atoms with Crippen molar-refractivity contribution in [2.45, 2.75) is 33.4 Å². The van der Waals surface area contributed by atoms with Gasteiger partial charge in [-0.2, -0.15) is 0 Å². The van der Waals surface area contributed by atoms with Crippen molar-refractivity contribution < 1.29 is 4.74 Å². The highest BCUT2D eigenvalue weighted by molar-refractivity contribution is 14.0. The van der Waals surface area contributed by atoms with Gasteiger partial charge in [0.05, 0.1) is 13.1 Å². The number of hydrogen-bond acceptors (Lipinski definition) is 5. The molecule has 1 aromatic carbocycles. The topological polar surface area (TPSA) is 65.0 Å². The Balaban J connectivity index is 0.00000363. The van der Waals surface area contributed by atoms with E-state index in [9.17, 15) is 0 Å². The van der Waals surface area contributed by atoms with Crippen LogP contribution in [-0.2, 0) is 6.54 Å². The minimum absolute atomic E-state index is 0. The molecule has 1 atom stereocenters. The number of hydrogen-bond donors (Lipinski definition) is 2. The quantitative estimate of drug-likeness (QED) is 0.298. The summed E-state index contributed by atoms with van der Waals surface area (Å²) < 4.78 is 6.00. The first-order valence-electron chi connectivity index (χ1n) is 11.2. The van der Waals surface area contributed by atoms with E-state index in [0.717, 1.165) is 55.8 Å². The van der Waals surface area contributed by atoms with E-state index in [-0.39, 0.29) is 30.1 Å². The van der Waals surface area contributed by atoms with Gasteiger partial charge >= 0.3 is 0 Å². The van der Waals surface area contributed by atoms with Gasteiger partial charge in [0.1, 0.15) is 17.7 Å². The van der Waals surface area contributed by atoms with E-state index in [2.05, 4.69) is 77.5 Å². The molecular weight excluding hydrogens is 515 g/mol. The molecule has 2 N–H and O–H groups in total.